The first kappa shape index (κ1) is 20.4. The molecule has 1 aromatic carbocycles. The second kappa shape index (κ2) is 7.75. The monoisotopic (exact) mass is 382 g/mol. The average molecular weight is 382 g/mol. The van der Waals surface area contributed by atoms with Gasteiger partial charge in [0.2, 0.25) is 10.0 Å². The number of hydrogen-bond acceptors (Lipinski definition) is 4. The van der Waals surface area contributed by atoms with Crippen molar-refractivity contribution < 1.29 is 23.1 Å². The van der Waals surface area contributed by atoms with Gasteiger partial charge in [-0.15, -0.1) is 0 Å². The van der Waals surface area contributed by atoms with Crippen LogP contribution in [-0.4, -0.2) is 37.0 Å². The van der Waals surface area contributed by atoms with E-state index in [0.717, 1.165) is 12.8 Å². The van der Waals surface area contributed by atoms with Crippen molar-refractivity contribution in [1.82, 2.24) is 10.0 Å². The van der Waals surface area contributed by atoms with Gasteiger partial charge in [0.25, 0.3) is 5.91 Å². The third-order valence-corrected chi connectivity index (χ3v) is 6.34. The van der Waals surface area contributed by atoms with Crippen molar-refractivity contribution in [3.63, 3.8) is 0 Å². The van der Waals surface area contributed by atoms with Gasteiger partial charge in [-0.3, -0.25) is 4.79 Å². The molecular weight excluding hydrogens is 356 g/mol. The van der Waals surface area contributed by atoms with Crippen molar-refractivity contribution in [3.8, 4) is 0 Å². The Morgan fingerprint density at radius 2 is 1.85 bits per heavy atom. The molecule has 0 aliphatic heterocycles. The number of sulfonamides is 1. The van der Waals surface area contributed by atoms with E-state index in [4.69, 9.17) is 0 Å². The second-order valence-corrected chi connectivity index (χ2v) is 9.04. The Kier molecular flexibility index (Phi) is 6.08. The molecule has 2 rings (SSSR count). The number of hydrogen-bond donors (Lipinski definition) is 3. The lowest BCUT2D eigenvalue weighted by molar-refractivity contribution is -0.146. The Hall–Kier alpha value is -1.93. The molecule has 0 bridgehead atoms. The van der Waals surface area contributed by atoms with E-state index in [2.05, 4.69) is 17.0 Å². The van der Waals surface area contributed by atoms with Gasteiger partial charge in [-0.05, 0) is 63.6 Å². The van der Waals surface area contributed by atoms with Gasteiger partial charge in [0.1, 0.15) is 5.54 Å². The lowest BCUT2D eigenvalue weighted by atomic mass is 9.77. The van der Waals surface area contributed by atoms with Gasteiger partial charge in [-0.25, -0.2) is 17.9 Å². The highest BCUT2D eigenvalue weighted by atomic mass is 32.2. The Morgan fingerprint density at radius 1 is 1.23 bits per heavy atom. The standard InChI is InChI=1S/C18H26N2O5S/c1-12(2)20-26(24,25)15-6-4-5-14(11-15)16(21)19-18(17(22)23)9-7-13(3)8-10-18/h4-6,11-13,20H,7-10H2,1-3H3,(H,19,21)(H,22,23). The van der Waals surface area contributed by atoms with Gasteiger partial charge >= 0.3 is 5.97 Å². The zero-order valence-electron chi connectivity index (χ0n) is 15.3. The number of rotatable bonds is 6. The first-order valence-corrected chi connectivity index (χ1v) is 10.2. The highest BCUT2D eigenvalue weighted by molar-refractivity contribution is 7.89. The van der Waals surface area contributed by atoms with E-state index in [1.54, 1.807) is 13.8 Å². The molecule has 0 atom stereocenters. The van der Waals surface area contributed by atoms with Gasteiger partial charge in [-0.2, -0.15) is 0 Å². The maximum atomic E-state index is 12.6. The summed E-state index contributed by atoms with van der Waals surface area (Å²) in [6.07, 6.45) is 2.17. The van der Waals surface area contributed by atoms with Gasteiger partial charge in [0.05, 0.1) is 4.90 Å². The molecule has 0 spiro atoms. The predicted octanol–water partition coefficient (Wildman–Crippen LogP) is 2.14. The second-order valence-electron chi connectivity index (χ2n) is 7.33. The molecule has 144 valence electrons. The Bertz CT molecular complexity index is 781. The van der Waals surface area contributed by atoms with Crippen molar-refractivity contribution in [1.29, 1.82) is 0 Å². The highest BCUT2D eigenvalue weighted by Crippen LogP contribution is 2.32. The van der Waals surface area contributed by atoms with Crippen LogP contribution in [0.1, 0.15) is 56.8 Å². The van der Waals surface area contributed by atoms with Crippen molar-refractivity contribution in [2.75, 3.05) is 0 Å². The fourth-order valence-electron chi connectivity index (χ4n) is 3.12. The fraction of sp³-hybridized carbons (Fsp3) is 0.556. The predicted molar refractivity (Wildman–Crippen MR) is 97.4 cm³/mol. The van der Waals surface area contributed by atoms with Gasteiger partial charge in [0.15, 0.2) is 0 Å². The van der Waals surface area contributed by atoms with Crippen molar-refractivity contribution in [3.05, 3.63) is 29.8 Å². The van der Waals surface area contributed by atoms with Crippen LogP contribution in [-0.2, 0) is 14.8 Å². The molecular formula is C18H26N2O5S. The maximum Gasteiger partial charge on any atom is 0.329 e. The maximum absolute atomic E-state index is 12.6. The van der Waals surface area contributed by atoms with E-state index in [0.29, 0.717) is 18.8 Å². The lowest BCUT2D eigenvalue weighted by Gasteiger charge is -2.36. The summed E-state index contributed by atoms with van der Waals surface area (Å²) in [5.41, 5.74) is -1.18. The summed E-state index contributed by atoms with van der Waals surface area (Å²) >= 11 is 0. The molecule has 8 heteroatoms. The van der Waals surface area contributed by atoms with Crippen LogP contribution >= 0.6 is 0 Å². The van der Waals surface area contributed by atoms with Crippen LogP contribution in [0.15, 0.2) is 29.2 Å². The molecule has 1 fully saturated rings. The van der Waals surface area contributed by atoms with Gasteiger partial charge < -0.3 is 10.4 Å². The van der Waals surface area contributed by atoms with Crippen molar-refractivity contribution >= 4 is 21.9 Å². The molecule has 1 amide bonds. The van der Waals surface area contributed by atoms with Crippen LogP contribution in [0.4, 0.5) is 0 Å². The Morgan fingerprint density at radius 3 is 2.38 bits per heavy atom. The summed E-state index contributed by atoms with van der Waals surface area (Å²) in [6, 6.07) is 5.33. The van der Waals surface area contributed by atoms with E-state index < -0.39 is 27.4 Å². The smallest absolute Gasteiger partial charge is 0.329 e. The number of carboxylic acid groups (broad SMARTS) is 1. The number of carbonyl (C=O) groups excluding carboxylic acids is 1. The zero-order chi connectivity index (χ0) is 19.5. The van der Waals surface area contributed by atoms with Crippen LogP contribution in [0.25, 0.3) is 0 Å². The number of carbonyl (C=O) groups is 2. The fourth-order valence-corrected chi connectivity index (χ4v) is 4.42. The van der Waals surface area contributed by atoms with Crippen molar-refractivity contribution in [2.45, 2.75) is 62.9 Å². The lowest BCUT2D eigenvalue weighted by Crippen LogP contribution is -2.56. The van der Waals surface area contributed by atoms with Crippen molar-refractivity contribution in [2.24, 2.45) is 5.92 Å². The minimum Gasteiger partial charge on any atom is -0.480 e. The molecule has 0 saturated heterocycles. The molecule has 7 nitrogen and oxygen atoms in total. The molecule has 0 aromatic heterocycles. The molecule has 0 radical (unpaired) electrons. The average Bonchev–Trinajstić information content (AvgIpc) is 2.56. The molecule has 1 aliphatic carbocycles. The van der Waals surface area contributed by atoms with Gasteiger partial charge in [0, 0.05) is 11.6 Å². The summed E-state index contributed by atoms with van der Waals surface area (Å²) in [7, 11) is -3.73. The molecule has 0 unspecified atom stereocenters. The van der Waals surface area contributed by atoms with Crippen LogP contribution in [0.3, 0.4) is 0 Å². The third kappa shape index (κ3) is 4.62. The summed E-state index contributed by atoms with van der Waals surface area (Å²) in [4.78, 5) is 24.4. The summed E-state index contributed by atoms with van der Waals surface area (Å²) < 4.78 is 27.0. The largest absolute Gasteiger partial charge is 0.480 e. The quantitative estimate of drug-likeness (QED) is 0.698. The third-order valence-electron chi connectivity index (χ3n) is 4.69. The van der Waals surface area contributed by atoms with E-state index in [9.17, 15) is 23.1 Å². The zero-order valence-corrected chi connectivity index (χ0v) is 16.1. The Labute approximate surface area is 154 Å². The van der Waals surface area contributed by atoms with Crippen LogP contribution in [0.5, 0.6) is 0 Å². The minimum atomic E-state index is -3.73. The summed E-state index contributed by atoms with van der Waals surface area (Å²) in [5.74, 6) is -1.21. The molecule has 1 saturated carbocycles. The van der Waals surface area contributed by atoms with E-state index in [1.165, 1.54) is 24.3 Å². The molecule has 26 heavy (non-hydrogen) atoms. The molecule has 1 aliphatic rings. The van der Waals surface area contributed by atoms with E-state index in [1.807, 2.05) is 0 Å². The number of carboxylic acids is 1. The normalized spacial score (nSPS) is 23.6. The summed E-state index contributed by atoms with van der Waals surface area (Å²) in [6.45, 7) is 5.47. The molecule has 0 heterocycles. The number of nitrogens with one attached hydrogen (secondary N) is 2. The van der Waals surface area contributed by atoms with Crippen LogP contribution in [0, 0.1) is 5.92 Å². The number of aliphatic carboxylic acids is 1. The highest BCUT2D eigenvalue weighted by Gasteiger charge is 2.42. The first-order chi connectivity index (χ1) is 12.1. The number of benzene rings is 1. The van der Waals surface area contributed by atoms with E-state index >= 15 is 0 Å². The van der Waals surface area contributed by atoms with E-state index in [-0.39, 0.29) is 16.5 Å². The first-order valence-electron chi connectivity index (χ1n) is 8.74. The SMILES string of the molecule is CC1CCC(NC(=O)c2cccc(S(=O)(=O)NC(C)C)c2)(C(=O)O)CC1. The van der Waals surface area contributed by atoms with Crippen LogP contribution in [0.2, 0.25) is 0 Å². The summed E-state index contributed by atoms with van der Waals surface area (Å²) in [5, 5.41) is 12.3. The van der Waals surface area contributed by atoms with Crippen LogP contribution < -0.4 is 10.0 Å². The van der Waals surface area contributed by atoms with Gasteiger partial charge in [-0.1, -0.05) is 13.0 Å². The molecule has 3 N–H and O–H groups in total. The molecule has 1 aromatic rings. The topological polar surface area (TPSA) is 113 Å². The minimum absolute atomic E-state index is 0.0273. The number of amides is 1. The Balaban J connectivity index is 2.24.